The fourth-order valence-electron chi connectivity index (χ4n) is 2.31. The molecule has 2 aromatic rings. The molecule has 1 aromatic heterocycles. The van der Waals surface area contributed by atoms with Crippen molar-refractivity contribution in [3.8, 4) is 17.0 Å². The predicted molar refractivity (Wildman–Crippen MR) is 63.8 cm³/mol. The summed E-state index contributed by atoms with van der Waals surface area (Å²) in [6, 6.07) is 8.28. The molecule has 0 aliphatic heterocycles. The molecule has 0 bridgehead atoms. The van der Waals surface area contributed by atoms with Gasteiger partial charge in [-0.1, -0.05) is 0 Å². The number of aromatic nitrogens is 1. The molecule has 2 nitrogen and oxygen atoms in total. The van der Waals surface area contributed by atoms with Crippen molar-refractivity contribution < 1.29 is 4.74 Å². The van der Waals surface area contributed by atoms with E-state index in [1.807, 2.05) is 12.3 Å². The number of nitrogens with zero attached hydrogens (tertiary/aromatic N) is 1. The van der Waals surface area contributed by atoms with Gasteiger partial charge in [-0.3, -0.25) is 4.98 Å². The van der Waals surface area contributed by atoms with E-state index >= 15 is 0 Å². The first-order valence-electron chi connectivity index (χ1n) is 5.41. The van der Waals surface area contributed by atoms with Gasteiger partial charge in [-0.15, -0.1) is 0 Å². The Morgan fingerprint density at radius 3 is 2.94 bits per heavy atom. The van der Waals surface area contributed by atoms with Crippen molar-refractivity contribution in [1.82, 2.24) is 4.98 Å². The number of hydrogen-bond acceptors (Lipinski definition) is 2. The molecule has 0 atom stereocenters. The topological polar surface area (TPSA) is 22.1 Å². The van der Waals surface area contributed by atoms with Gasteiger partial charge in [-0.25, -0.2) is 0 Å². The molecular weight excluding hydrogens is 198 g/mol. The van der Waals surface area contributed by atoms with Crippen LogP contribution in [0.2, 0.25) is 0 Å². The highest BCUT2D eigenvalue weighted by Gasteiger charge is 2.21. The Hall–Kier alpha value is -1.83. The number of benzene rings is 1. The van der Waals surface area contributed by atoms with Gasteiger partial charge in [0.1, 0.15) is 5.75 Å². The summed E-state index contributed by atoms with van der Waals surface area (Å²) in [5.41, 5.74) is 6.37. The number of pyridine rings is 1. The quantitative estimate of drug-likeness (QED) is 0.617. The zero-order valence-electron chi connectivity index (χ0n) is 9.45. The third kappa shape index (κ3) is 1.23. The van der Waals surface area contributed by atoms with Crippen LogP contribution in [-0.2, 0) is 6.42 Å². The van der Waals surface area contributed by atoms with Crippen LogP contribution in [-0.4, -0.2) is 12.1 Å². The Kier molecular flexibility index (Phi) is 1.96. The molecule has 0 unspecified atom stereocenters. The Morgan fingerprint density at radius 2 is 2.12 bits per heavy atom. The van der Waals surface area contributed by atoms with E-state index in [0.717, 1.165) is 17.9 Å². The number of fused-ring (bicyclic) bond motifs is 3. The van der Waals surface area contributed by atoms with Crippen LogP contribution in [0.3, 0.4) is 0 Å². The molecule has 0 saturated carbocycles. The highest BCUT2D eigenvalue weighted by molar-refractivity contribution is 5.75. The minimum atomic E-state index is 0.921. The second-order valence-corrected chi connectivity index (χ2v) is 4.15. The van der Waals surface area contributed by atoms with Crippen molar-refractivity contribution in [2.75, 3.05) is 7.11 Å². The number of hydrogen-bond donors (Lipinski definition) is 0. The van der Waals surface area contributed by atoms with Gasteiger partial charge in [0.05, 0.1) is 12.8 Å². The molecule has 0 spiro atoms. The number of aryl methyl sites for hydroxylation is 1. The van der Waals surface area contributed by atoms with Crippen LogP contribution in [0.1, 0.15) is 16.7 Å². The molecular formula is C14H13NO. The van der Waals surface area contributed by atoms with Crippen LogP contribution < -0.4 is 4.74 Å². The maximum absolute atomic E-state index is 5.25. The number of ether oxygens (including phenoxy) is 1. The summed E-state index contributed by atoms with van der Waals surface area (Å²) in [7, 11) is 1.70. The van der Waals surface area contributed by atoms with Gasteiger partial charge in [0, 0.05) is 18.2 Å². The lowest BCUT2D eigenvalue weighted by Gasteiger charge is -2.03. The molecule has 0 saturated heterocycles. The van der Waals surface area contributed by atoms with Gasteiger partial charge in [0.2, 0.25) is 0 Å². The first kappa shape index (κ1) is 9.40. The molecule has 2 heteroatoms. The largest absolute Gasteiger partial charge is 0.497 e. The van der Waals surface area contributed by atoms with Crippen LogP contribution in [0, 0.1) is 6.92 Å². The standard InChI is InChI=1S/C14H13NO/c1-9-5-6-15-14-12-4-3-11(16-2)7-10(12)8-13(9)14/h3-7H,8H2,1-2H3. The van der Waals surface area contributed by atoms with Crippen LogP contribution >= 0.6 is 0 Å². The second kappa shape index (κ2) is 3.34. The van der Waals surface area contributed by atoms with E-state index in [9.17, 15) is 0 Å². The summed E-state index contributed by atoms with van der Waals surface area (Å²) in [5.74, 6) is 0.921. The van der Waals surface area contributed by atoms with Crippen molar-refractivity contribution in [1.29, 1.82) is 0 Å². The van der Waals surface area contributed by atoms with Crippen LogP contribution in [0.25, 0.3) is 11.3 Å². The SMILES string of the molecule is COc1ccc2c(c1)Cc1c(C)ccnc1-2. The lowest BCUT2D eigenvalue weighted by Crippen LogP contribution is -1.87. The molecule has 3 rings (SSSR count). The zero-order chi connectivity index (χ0) is 11.1. The molecule has 0 amide bonds. The Balaban J connectivity index is 2.20. The third-order valence-electron chi connectivity index (χ3n) is 3.22. The smallest absolute Gasteiger partial charge is 0.119 e. The summed E-state index contributed by atoms with van der Waals surface area (Å²) in [4.78, 5) is 4.48. The van der Waals surface area contributed by atoms with Crippen molar-refractivity contribution >= 4 is 0 Å². The molecule has 1 heterocycles. The monoisotopic (exact) mass is 211 g/mol. The Morgan fingerprint density at radius 1 is 1.25 bits per heavy atom. The van der Waals surface area contributed by atoms with Gasteiger partial charge in [-0.05, 0) is 47.9 Å². The molecule has 1 aliphatic rings. The van der Waals surface area contributed by atoms with Crippen molar-refractivity contribution in [3.63, 3.8) is 0 Å². The van der Waals surface area contributed by atoms with Gasteiger partial charge < -0.3 is 4.74 Å². The highest BCUT2D eigenvalue weighted by Crippen LogP contribution is 2.37. The molecule has 0 fully saturated rings. The van der Waals surface area contributed by atoms with Gasteiger partial charge in [0.15, 0.2) is 0 Å². The summed E-state index contributed by atoms with van der Waals surface area (Å²) in [6.45, 7) is 2.14. The third-order valence-corrected chi connectivity index (χ3v) is 3.22. The fraction of sp³-hybridized carbons (Fsp3) is 0.214. The minimum Gasteiger partial charge on any atom is -0.497 e. The number of rotatable bonds is 1. The zero-order valence-corrected chi connectivity index (χ0v) is 9.45. The van der Waals surface area contributed by atoms with E-state index in [1.54, 1.807) is 7.11 Å². The normalized spacial score (nSPS) is 12.1. The van der Waals surface area contributed by atoms with E-state index in [-0.39, 0.29) is 0 Å². The molecule has 1 aromatic carbocycles. The lowest BCUT2D eigenvalue weighted by atomic mass is 10.1. The maximum Gasteiger partial charge on any atom is 0.119 e. The van der Waals surface area contributed by atoms with E-state index < -0.39 is 0 Å². The minimum absolute atomic E-state index is 0.921. The van der Waals surface area contributed by atoms with E-state index in [0.29, 0.717) is 0 Å². The van der Waals surface area contributed by atoms with Crippen molar-refractivity contribution in [2.45, 2.75) is 13.3 Å². The maximum atomic E-state index is 5.25. The van der Waals surface area contributed by atoms with E-state index in [4.69, 9.17) is 4.74 Å². The first-order valence-corrected chi connectivity index (χ1v) is 5.41. The first-order chi connectivity index (χ1) is 7.79. The lowest BCUT2D eigenvalue weighted by molar-refractivity contribution is 0.414. The van der Waals surface area contributed by atoms with Crippen LogP contribution in [0.15, 0.2) is 30.5 Å². The summed E-state index contributed by atoms with van der Waals surface area (Å²) >= 11 is 0. The predicted octanol–water partition coefficient (Wildman–Crippen LogP) is 2.97. The molecule has 80 valence electrons. The fourth-order valence-corrected chi connectivity index (χ4v) is 2.31. The Labute approximate surface area is 94.9 Å². The van der Waals surface area contributed by atoms with E-state index in [1.165, 1.54) is 22.3 Å². The summed E-state index contributed by atoms with van der Waals surface area (Å²) < 4.78 is 5.25. The number of methoxy groups -OCH3 is 1. The van der Waals surface area contributed by atoms with Crippen LogP contribution in [0.4, 0.5) is 0 Å². The molecule has 1 aliphatic carbocycles. The average molecular weight is 211 g/mol. The second-order valence-electron chi connectivity index (χ2n) is 4.15. The van der Waals surface area contributed by atoms with Crippen LogP contribution in [0.5, 0.6) is 5.75 Å². The van der Waals surface area contributed by atoms with Gasteiger partial charge in [-0.2, -0.15) is 0 Å². The summed E-state index contributed by atoms with van der Waals surface area (Å²) in [5, 5.41) is 0. The van der Waals surface area contributed by atoms with Crippen molar-refractivity contribution in [3.05, 3.63) is 47.2 Å². The highest BCUT2D eigenvalue weighted by atomic mass is 16.5. The molecule has 0 N–H and O–H groups in total. The average Bonchev–Trinajstić information content (AvgIpc) is 2.68. The van der Waals surface area contributed by atoms with Gasteiger partial charge >= 0.3 is 0 Å². The van der Waals surface area contributed by atoms with Gasteiger partial charge in [0.25, 0.3) is 0 Å². The summed E-state index contributed by atoms with van der Waals surface area (Å²) in [6.07, 6.45) is 2.86. The Bertz CT molecular complexity index is 561. The molecule has 0 radical (unpaired) electrons. The molecule has 16 heavy (non-hydrogen) atoms. The van der Waals surface area contributed by atoms with Crippen molar-refractivity contribution in [2.24, 2.45) is 0 Å². The van der Waals surface area contributed by atoms with E-state index in [2.05, 4.69) is 30.1 Å².